The van der Waals surface area contributed by atoms with Crippen LogP contribution >= 0.6 is 0 Å². The SMILES string of the molecule is Cc1nc2cc(F)ccc2cc1C(=O)NCCNC(=O)c1ccc(O)cc1. The van der Waals surface area contributed by atoms with Crippen molar-refractivity contribution in [1.82, 2.24) is 15.6 Å². The van der Waals surface area contributed by atoms with E-state index in [-0.39, 0.29) is 36.5 Å². The van der Waals surface area contributed by atoms with Gasteiger partial charge in [-0.25, -0.2) is 4.39 Å². The molecule has 1 heterocycles. The van der Waals surface area contributed by atoms with Crippen LogP contribution in [0, 0.1) is 12.7 Å². The Bertz CT molecular complexity index is 1000. The zero-order valence-electron chi connectivity index (χ0n) is 14.6. The minimum absolute atomic E-state index is 0.0842. The highest BCUT2D eigenvalue weighted by molar-refractivity contribution is 5.98. The fourth-order valence-electron chi connectivity index (χ4n) is 2.63. The normalized spacial score (nSPS) is 10.6. The molecule has 3 N–H and O–H groups in total. The van der Waals surface area contributed by atoms with E-state index < -0.39 is 0 Å². The van der Waals surface area contributed by atoms with Crippen LogP contribution in [0.3, 0.4) is 0 Å². The van der Waals surface area contributed by atoms with E-state index in [9.17, 15) is 19.1 Å². The fourth-order valence-corrected chi connectivity index (χ4v) is 2.63. The summed E-state index contributed by atoms with van der Waals surface area (Å²) in [6.45, 7) is 2.17. The molecule has 0 fully saturated rings. The number of amides is 2. The molecule has 0 aliphatic rings. The van der Waals surface area contributed by atoms with Gasteiger partial charge < -0.3 is 15.7 Å². The van der Waals surface area contributed by atoms with Crippen molar-refractivity contribution in [2.45, 2.75) is 6.92 Å². The average Bonchev–Trinajstić information content (AvgIpc) is 2.64. The fraction of sp³-hybridized carbons (Fsp3) is 0.150. The third kappa shape index (κ3) is 4.38. The van der Waals surface area contributed by atoms with Crippen LogP contribution in [0.2, 0.25) is 0 Å². The Hall–Kier alpha value is -3.48. The van der Waals surface area contributed by atoms with E-state index in [0.29, 0.717) is 27.7 Å². The van der Waals surface area contributed by atoms with E-state index in [2.05, 4.69) is 15.6 Å². The van der Waals surface area contributed by atoms with Gasteiger partial charge in [0, 0.05) is 30.1 Å². The molecule has 0 bridgehead atoms. The van der Waals surface area contributed by atoms with Crippen molar-refractivity contribution in [2.24, 2.45) is 0 Å². The van der Waals surface area contributed by atoms with Crippen LogP contribution in [0.5, 0.6) is 5.75 Å². The van der Waals surface area contributed by atoms with E-state index >= 15 is 0 Å². The molecule has 1 aromatic heterocycles. The van der Waals surface area contributed by atoms with Gasteiger partial charge >= 0.3 is 0 Å². The van der Waals surface area contributed by atoms with Crippen molar-refractivity contribution < 1.29 is 19.1 Å². The van der Waals surface area contributed by atoms with Gasteiger partial charge in [0.15, 0.2) is 0 Å². The number of hydrogen-bond acceptors (Lipinski definition) is 4. The topological polar surface area (TPSA) is 91.3 Å². The van der Waals surface area contributed by atoms with Crippen LogP contribution in [0.15, 0.2) is 48.5 Å². The van der Waals surface area contributed by atoms with E-state index in [0.717, 1.165) is 0 Å². The van der Waals surface area contributed by atoms with E-state index in [1.54, 1.807) is 19.1 Å². The molecule has 0 saturated carbocycles. The van der Waals surface area contributed by atoms with Gasteiger partial charge in [-0.3, -0.25) is 14.6 Å². The lowest BCUT2D eigenvalue weighted by molar-refractivity contribution is 0.0927. The zero-order valence-corrected chi connectivity index (χ0v) is 14.6. The summed E-state index contributed by atoms with van der Waals surface area (Å²) in [6, 6.07) is 11.8. The molecule has 3 aromatic rings. The largest absolute Gasteiger partial charge is 0.508 e. The minimum Gasteiger partial charge on any atom is -0.508 e. The molecular formula is C20H18FN3O3. The summed E-state index contributed by atoms with van der Waals surface area (Å²) in [6.07, 6.45) is 0. The monoisotopic (exact) mass is 367 g/mol. The number of pyridine rings is 1. The van der Waals surface area contributed by atoms with Gasteiger partial charge in [0.1, 0.15) is 11.6 Å². The van der Waals surface area contributed by atoms with Crippen molar-refractivity contribution in [2.75, 3.05) is 13.1 Å². The van der Waals surface area contributed by atoms with Crippen molar-refractivity contribution >= 4 is 22.7 Å². The average molecular weight is 367 g/mol. The standard InChI is InChI=1S/C20H18FN3O3/c1-12-17(10-14-2-5-15(21)11-18(14)24-12)20(27)23-9-8-22-19(26)13-3-6-16(25)7-4-13/h2-7,10-11,25H,8-9H2,1H3,(H,22,26)(H,23,27). The van der Waals surface area contributed by atoms with Crippen LogP contribution in [-0.2, 0) is 0 Å². The van der Waals surface area contributed by atoms with Crippen LogP contribution in [0.1, 0.15) is 26.4 Å². The van der Waals surface area contributed by atoms with E-state index in [4.69, 9.17) is 0 Å². The Morgan fingerprint density at radius 1 is 1.00 bits per heavy atom. The molecule has 0 saturated heterocycles. The van der Waals surface area contributed by atoms with Crippen LogP contribution in [-0.4, -0.2) is 35.0 Å². The van der Waals surface area contributed by atoms with E-state index in [1.807, 2.05) is 0 Å². The molecule has 27 heavy (non-hydrogen) atoms. The Kier molecular flexibility index (Phi) is 5.30. The summed E-state index contributed by atoms with van der Waals surface area (Å²) in [5.74, 6) is -0.906. The summed E-state index contributed by atoms with van der Waals surface area (Å²) in [5, 5.41) is 15.3. The molecule has 2 amide bonds. The van der Waals surface area contributed by atoms with Gasteiger partial charge in [0.2, 0.25) is 0 Å². The molecular weight excluding hydrogens is 349 g/mol. The summed E-state index contributed by atoms with van der Waals surface area (Å²) in [5.41, 5.74) is 1.81. The molecule has 0 aliphatic carbocycles. The van der Waals surface area contributed by atoms with Gasteiger partial charge in [-0.2, -0.15) is 0 Å². The number of carbonyl (C=O) groups is 2. The highest BCUT2D eigenvalue weighted by Crippen LogP contribution is 2.17. The predicted molar refractivity (Wildman–Crippen MR) is 99.2 cm³/mol. The maximum atomic E-state index is 13.3. The maximum absolute atomic E-state index is 13.3. The lowest BCUT2D eigenvalue weighted by Gasteiger charge is -2.10. The highest BCUT2D eigenvalue weighted by atomic mass is 19.1. The number of nitrogens with one attached hydrogen (secondary N) is 2. The van der Waals surface area contributed by atoms with E-state index in [1.165, 1.54) is 36.4 Å². The van der Waals surface area contributed by atoms with Gasteiger partial charge in [0.05, 0.1) is 16.8 Å². The second kappa shape index (κ2) is 7.82. The highest BCUT2D eigenvalue weighted by Gasteiger charge is 2.12. The lowest BCUT2D eigenvalue weighted by Crippen LogP contribution is -2.35. The Morgan fingerprint density at radius 3 is 2.37 bits per heavy atom. The molecule has 0 unspecified atom stereocenters. The molecule has 2 aromatic carbocycles. The molecule has 0 aliphatic heterocycles. The number of fused-ring (bicyclic) bond motifs is 1. The number of rotatable bonds is 5. The number of aromatic nitrogens is 1. The first-order valence-electron chi connectivity index (χ1n) is 8.36. The first-order valence-corrected chi connectivity index (χ1v) is 8.36. The molecule has 0 spiro atoms. The summed E-state index contributed by atoms with van der Waals surface area (Å²) in [7, 11) is 0. The van der Waals surface area contributed by atoms with Gasteiger partial charge in [-0.05, 0) is 49.4 Å². The third-order valence-electron chi connectivity index (χ3n) is 4.04. The minimum atomic E-state index is -0.379. The quantitative estimate of drug-likeness (QED) is 0.605. The number of hydrogen-bond donors (Lipinski definition) is 3. The Labute approximate surface area is 155 Å². The summed E-state index contributed by atoms with van der Waals surface area (Å²) in [4.78, 5) is 28.6. The maximum Gasteiger partial charge on any atom is 0.253 e. The first-order chi connectivity index (χ1) is 12.9. The molecule has 7 heteroatoms. The summed E-state index contributed by atoms with van der Waals surface area (Å²) < 4.78 is 13.3. The smallest absolute Gasteiger partial charge is 0.253 e. The van der Waals surface area contributed by atoms with Crippen LogP contribution in [0.25, 0.3) is 10.9 Å². The van der Waals surface area contributed by atoms with Crippen molar-refractivity contribution in [3.63, 3.8) is 0 Å². The number of carbonyl (C=O) groups excluding carboxylic acids is 2. The number of aromatic hydroxyl groups is 1. The second-order valence-corrected chi connectivity index (χ2v) is 6.02. The molecule has 6 nitrogen and oxygen atoms in total. The molecule has 0 atom stereocenters. The van der Waals surface area contributed by atoms with Crippen molar-refractivity contribution in [3.05, 3.63) is 71.2 Å². The number of phenols is 1. The summed E-state index contributed by atoms with van der Waals surface area (Å²) >= 11 is 0. The molecule has 0 radical (unpaired) electrons. The first kappa shape index (κ1) is 18.3. The Morgan fingerprint density at radius 2 is 1.67 bits per heavy atom. The van der Waals surface area contributed by atoms with Crippen molar-refractivity contribution in [1.29, 1.82) is 0 Å². The third-order valence-corrected chi connectivity index (χ3v) is 4.04. The number of nitrogens with zero attached hydrogens (tertiary/aromatic N) is 1. The lowest BCUT2D eigenvalue weighted by atomic mass is 10.1. The van der Waals surface area contributed by atoms with Gasteiger partial charge in [-0.15, -0.1) is 0 Å². The van der Waals surface area contributed by atoms with Gasteiger partial charge in [-0.1, -0.05) is 0 Å². The van der Waals surface area contributed by atoms with Crippen LogP contribution < -0.4 is 10.6 Å². The number of halogens is 1. The Balaban J connectivity index is 1.57. The molecule has 3 rings (SSSR count). The second-order valence-electron chi connectivity index (χ2n) is 6.02. The number of phenolic OH excluding ortho intramolecular Hbond substituents is 1. The predicted octanol–water partition coefficient (Wildman–Crippen LogP) is 2.55. The number of benzene rings is 2. The van der Waals surface area contributed by atoms with Gasteiger partial charge in [0.25, 0.3) is 11.8 Å². The number of aryl methyl sites for hydroxylation is 1. The van der Waals surface area contributed by atoms with Crippen LogP contribution in [0.4, 0.5) is 4.39 Å². The van der Waals surface area contributed by atoms with Crippen molar-refractivity contribution in [3.8, 4) is 5.75 Å². The zero-order chi connectivity index (χ0) is 19.4. The molecule has 138 valence electrons.